The molecule has 0 aliphatic carbocycles. The molecule has 0 radical (unpaired) electrons. The number of amides is 1. The first-order valence-corrected chi connectivity index (χ1v) is 11.3. The number of halogens is 2. The molecule has 1 atom stereocenters. The summed E-state index contributed by atoms with van der Waals surface area (Å²) in [6.07, 6.45) is 0. The summed E-state index contributed by atoms with van der Waals surface area (Å²) in [5.41, 5.74) is 0.821. The molecule has 0 bridgehead atoms. The summed E-state index contributed by atoms with van der Waals surface area (Å²) in [5, 5.41) is 19.9. The molecule has 1 amide bonds. The number of phenols is 1. The van der Waals surface area contributed by atoms with E-state index in [0.717, 1.165) is 5.56 Å². The molecular formula is C19H15Cl2N3O4S2. The van der Waals surface area contributed by atoms with Gasteiger partial charge in [-0.2, -0.15) is 0 Å². The van der Waals surface area contributed by atoms with Gasteiger partial charge in [0.1, 0.15) is 17.7 Å². The zero-order chi connectivity index (χ0) is 21.3. The number of carbonyl (C=O) groups excluding carboxylic acids is 1. The summed E-state index contributed by atoms with van der Waals surface area (Å²) in [5.74, 6) is 1.12. The largest absolute Gasteiger partial charge is 0.504 e. The van der Waals surface area contributed by atoms with Crippen molar-refractivity contribution in [3.8, 4) is 17.2 Å². The van der Waals surface area contributed by atoms with E-state index in [9.17, 15) is 9.90 Å². The number of hydrogen-bond donors (Lipinski definition) is 1. The van der Waals surface area contributed by atoms with E-state index in [1.807, 2.05) is 0 Å². The SMILES string of the molecule is COc1cc(C2SCC(=O)N2c2nnc(COc3ccc(Cl)cc3Cl)s2)ccc1O. The van der Waals surface area contributed by atoms with E-state index in [0.29, 0.717) is 37.4 Å². The summed E-state index contributed by atoms with van der Waals surface area (Å²) in [6, 6.07) is 9.99. The molecule has 2 heterocycles. The maximum Gasteiger partial charge on any atom is 0.240 e. The van der Waals surface area contributed by atoms with Crippen molar-refractivity contribution in [2.75, 3.05) is 17.8 Å². The van der Waals surface area contributed by atoms with Gasteiger partial charge in [-0.3, -0.25) is 9.69 Å². The van der Waals surface area contributed by atoms with Gasteiger partial charge in [-0.25, -0.2) is 0 Å². The highest BCUT2D eigenvalue weighted by Gasteiger charge is 2.36. The number of thioether (sulfide) groups is 1. The smallest absolute Gasteiger partial charge is 0.240 e. The maximum absolute atomic E-state index is 12.5. The van der Waals surface area contributed by atoms with Gasteiger partial charge in [-0.1, -0.05) is 40.6 Å². The second-order valence-corrected chi connectivity index (χ2v) is 9.15. The van der Waals surface area contributed by atoms with Crippen LogP contribution in [0.2, 0.25) is 10.0 Å². The van der Waals surface area contributed by atoms with Gasteiger partial charge in [-0.15, -0.1) is 22.0 Å². The average Bonchev–Trinajstić information content (AvgIpc) is 3.34. The number of hydrogen-bond acceptors (Lipinski definition) is 8. The molecule has 0 spiro atoms. The number of aromatic nitrogens is 2. The molecule has 7 nitrogen and oxygen atoms in total. The molecule has 1 aliphatic heterocycles. The minimum Gasteiger partial charge on any atom is -0.504 e. The highest BCUT2D eigenvalue weighted by molar-refractivity contribution is 8.00. The summed E-state index contributed by atoms with van der Waals surface area (Å²) in [6.45, 7) is 0.159. The third kappa shape index (κ3) is 4.29. The van der Waals surface area contributed by atoms with Crippen molar-refractivity contribution >= 4 is 57.3 Å². The zero-order valence-corrected chi connectivity index (χ0v) is 18.7. The van der Waals surface area contributed by atoms with Crippen LogP contribution < -0.4 is 14.4 Å². The van der Waals surface area contributed by atoms with Crippen LogP contribution in [0.15, 0.2) is 36.4 Å². The third-order valence-corrected chi connectivity index (χ3v) is 6.90. The fraction of sp³-hybridized carbons (Fsp3) is 0.211. The lowest BCUT2D eigenvalue weighted by molar-refractivity contribution is -0.115. The van der Waals surface area contributed by atoms with Gasteiger partial charge in [0.25, 0.3) is 0 Å². The van der Waals surface area contributed by atoms with E-state index in [1.165, 1.54) is 30.2 Å². The van der Waals surface area contributed by atoms with Crippen LogP contribution in [0.4, 0.5) is 5.13 Å². The lowest BCUT2D eigenvalue weighted by atomic mass is 10.2. The van der Waals surface area contributed by atoms with Crippen LogP contribution in [0.3, 0.4) is 0 Å². The first kappa shape index (κ1) is 21.0. The quantitative estimate of drug-likeness (QED) is 0.532. The van der Waals surface area contributed by atoms with Gasteiger partial charge in [0.15, 0.2) is 16.5 Å². The minimum atomic E-state index is -0.292. The predicted molar refractivity (Wildman–Crippen MR) is 118 cm³/mol. The van der Waals surface area contributed by atoms with Crippen LogP contribution in [0.1, 0.15) is 15.9 Å². The molecule has 1 N–H and O–H groups in total. The van der Waals surface area contributed by atoms with E-state index in [1.54, 1.807) is 41.3 Å². The van der Waals surface area contributed by atoms with Gasteiger partial charge in [0.05, 0.1) is 17.9 Å². The van der Waals surface area contributed by atoms with Crippen molar-refractivity contribution in [3.63, 3.8) is 0 Å². The number of nitrogens with zero attached hydrogens (tertiary/aromatic N) is 3. The topological polar surface area (TPSA) is 84.8 Å². The fourth-order valence-electron chi connectivity index (χ4n) is 2.86. The number of methoxy groups -OCH3 is 1. The predicted octanol–water partition coefficient (Wildman–Crippen LogP) is 4.92. The molecule has 4 rings (SSSR count). The van der Waals surface area contributed by atoms with Crippen molar-refractivity contribution in [3.05, 3.63) is 57.0 Å². The molecule has 2 aromatic carbocycles. The average molecular weight is 484 g/mol. The number of anilines is 1. The second kappa shape index (κ2) is 8.89. The standard InChI is InChI=1S/C19H15Cl2N3O4S2/c1-27-15-6-10(2-4-13(15)25)18-24(17(26)9-29-18)19-23-22-16(30-19)8-28-14-5-3-11(20)7-12(14)21/h2-7,18,25H,8-9H2,1H3. The number of ether oxygens (including phenoxy) is 2. The molecule has 0 saturated carbocycles. The van der Waals surface area contributed by atoms with Crippen molar-refractivity contribution in [2.24, 2.45) is 0 Å². The van der Waals surface area contributed by atoms with E-state index in [2.05, 4.69) is 10.2 Å². The van der Waals surface area contributed by atoms with Gasteiger partial charge in [-0.05, 0) is 35.9 Å². The summed E-state index contributed by atoms with van der Waals surface area (Å²) in [7, 11) is 1.48. The van der Waals surface area contributed by atoms with Crippen LogP contribution in [0, 0.1) is 0 Å². The third-order valence-electron chi connectivity index (χ3n) is 4.26. The van der Waals surface area contributed by atoms with E-state index < -0.39 is 0 Å². The van der Waals surface area contributed by atoms with Crippen molar-refractivity contribution in [1.82, 2.24) is 10.2 Å². The summed E-state index contributed by atoms with van der Waals surface area (Å²) in [4.78, 5) is 14.2. The molecule has 3 aromatic rings. The Morgan fingerprint density at radius 2 is 2.03 bits per heavy atom. The van der Waals surface area contributed by atoms with Gasteiger partial charge >= 0.3 is 0 Å². The first-order chi connectivity index (χ1) is 14.5. The van der Waals surface area contributed by atoms with Crippen LogP contribution in [0.25, 0.3) is 0 Å². The Balaban J connectivity index is 1.52. The van der Waals surface area contributed by atoms with Crippen molar-refractivity contribution < 1.29 is 19.4 Å². The normalized spacial score (nSPS) is 16.2. The van der Waals surface area contributed by atoms with E-state index in [-0.39, 0.29) is 23.6 Å². The van der Waals surface area contributed by atoms with Crippen LogP contribution >= 0.6 is 46.3 Å². The second-order valence-electron chi connectivity index (χ2n) is 6.20. The Hall–Kier alpha value is -2.20. The number of aromatic hydroxyl groups is 1. The molecular weight excluding hydrogens is 469 g/mol. The number of carbonyl (C=O) groups is 1. The number of benzene rings is 2. The van der Waals surface area contributed by atoms with Crippen LogP contribution in [-0.2, 0) is 11.4 Å². The molecule has 30 heavy (non-hydrogen) atoms. The minimum absolute atomic E-state index is 0.0401. The molecule has 1 fully saturated rings. The molecule has 1 unspecified atom stereocenters. The van der Waals surface area contributed by atoms with E-state index >= 15 is 0 Å². The molecule has 1 aliphatic rings. The Morgan fingerprint density at radius 3 is 2.80 bits per heavy atom. The van der Waals surface area contributed by atoms with Crippen LogP contribution in [-0.4, -0.2) is 34.1 Å². The van der Waals surface area contributed by atoms with Gasteiger partial charge in [0, 0.05) is 5.02 Å². The zero-order valence-electron chi connectivity index (χ0n) is 15.5. The molecule has 11 heteroatoms. The molecule has 1 aromatic heterocycles. The van der Waals surface area contributed by atoms with Crippen LogP contribution in [0.5, 0.6) is 17.2 Å². The maximum atomic E-state index is 12.5. The van der Waals surface area contributed by atoms with Crippen molar-refractivity contribution in [1.29, 1.82) is 0 Å². The Morgan fingerprint density at radius 1 is 1.20 bits per heavy atom. The van der Waals surface area contributed by atoms with E-state index in [4.69, 9.17) is 32.7 Å². The number of rotatable bonds is 6. The van der Waals surface area contributed by atoms with Crippen molar-refractivity contribution in [2.45, 2.75) is 12.0 Å². The fourth-order valence-corrected chi connectivity index (χ4v) is 5.33. The molecule has 1 saturated heterocycles. The van der Waals surface area contributed by atoms with Gasteiger partial charge < -0.3 is 14.6 Å². The first-order valence-electron chi connectivity index (χ1n) is 8.67. The summed E-state index contributed by atoms with van der Waals surface area (Å²) >= 11 is 14.8. The Bertz CT molecular complexity index is 1100. The number of phenolic OH excluding ortho intramolecular Hbond substituents is 1. The lowest BCUT2D eigenvalue weighted by Gasteiger charge is -2.21. The highest BCUT2D eigenvalue weighted by atomic mass is 35.5. The Kier molecular flexibility index (Phi) is 6.24. The van der Waals surface area contributed by atoms with Gasteiger partial charge in [0.2, 0.25) is 11.0 Å². The Labute approximate surface area is 190 Å². The summed E-state index contributed by atoms with van der Waals surface area (Å²) < 4.78 is 10.9. The molecule has 156 valence electrons. The lowest BCUT2D eigenvalue weighted by Crippen LogP contribution is -2.27. The highest BCUT2D eigenvalue weighted by Crippen LogP contribution is 2.44. The monoisotopic (exact) mass is 483 g/mol.